The molecule has 4 aliphatic rings. The lowest BCUT2D eigenvalue weighted by Gasteiger charge is -2.50. The van der Waals surface area contributed by atoms with E-state index >= 15 is 0 Å². The van der Waals surface area contributed by atoms with Crippen LogP contribution in [0.2, 0.25) is 0 Å². The highest BCUT2D eigenvalue weighted by atomic mass is 32.1. The van der Waals surface area contributed by atoms with E-state index in [1.807, 2.05) is 18.2 Å². The van der Waals surface area contributed by atoms with Crippen LogP contribution in [0.15, 0.2) is 23.2 Å². The molecular weight excluding hydrogens is 324 g/mol. The van der Waals surface area contributed by atoms with E-state index in [1.165, 1.54) is 25.9 Å². The minimum absolute atomic E-state index is 0.112. The van der Waals surface area contributed by atoms with Gasteiger partial charge in [0, 0.05) is 18.5 Å². The van der Waals surface area contributed by atoms with Crippen molar-refractivity contribution in [3.63, 3.8) is 0 Å². The van der Waals surface area contributed by atoms with E-state index in [9.17, 15) is 0 Å². The summed E-state index contributed by atoms with van der Waals surface area (Å²) in [5.74, 6) is 1.45. The van der Waals surface area contributed by atoms with E-state index in [4.69, 9.17) is 9.47 Å². The Labute approximate surface area is 144 Å². The van der Waals surface area contributed by atoms with Gasteiger partial charge in [-0.05, 0) is 38.1 Å². The molecule has 7 heteroatoms. The average Bonchev–Trinajstić information content (AvgIpc) is 3.19. The van der Waals surface area contributed by atoms with Gasteiger partial charge >= 0.3 is 0 Å². The average molecular weight is 344 g/mol. The van der Waals surface area contributed by atoms with Gasteiger partial charge in [0.2, 0.25) is 0 Å². The molecule has 2 aromatic rings. The lowest BCUT2D eigenvalue weighted by molar-refractivity contribution is -0.0829. The lowest BCUT2D eigenvalue weighted by atomic mass is 9.75. The maximum atomic E-state index is 6.31. The lowest BCUT2D eigenvalue weighted by Crippen LogP contribution is -2.61. The van der Waals surface area contributed by atoms with Crippen LogP contribution >= 0.6 is 11.3 Å². The third-order valence-electron chi connectivity index (χ3n) is 5.42. The first kappa shape index (κ1) is 14.5. The molecule has 1 N–H and O–H groups in total. The second kappa shape index (κ2) is 5.32. The number of nitrogens with zero attached hydrogens (tertiary/aromatic N) is 3. The number of thiazole rings is 1. The molecule has 0 saturated carbocycles. The van der Waals surface area contributed by atoms with Crippen molar-refractivity contribution < 1.29 is 9.47 Å². The van der Waals surface area contributed by atoms with Crippen LogP contribution in [-0.4, -0.2) is 54.8 Å². The van der Waals surface area contributed by atoms with E-state index < -0.39 is 0 Å². The molecule has 6 nitrogen and oxygen atoms in total. The summed E-state index contributed by atoms with van der Waals surface area (Å²) >= 11 is 1.60. The molecule has 0 amide bonds. The van der Waals surface area contributed by atoms with E-state index in [1.54, 1.807) is 18.4 Å². The van der Waals surface area contributed by atoms with Gasteiger partial charge in [-0.2, -0.15) is 0 Å². The van der Waals surface area contributed by atoms with Gasteiger partial charge in [0.05, 0.1) is 23.9 Å². The van der Waals surface area contributed by atoms with Crippen LogP contribution in [-0.2, 0) is 4.74 Å². The maximum absolute atomic E-state index is 6.31. The third-order valence-corrected chi connectivity index (χ3v) is 6.37. The van der Waals surface area contributed by atoms with Crippen LogP contribution in [0.5, 0.6) is 5.75 Å². The first-order valence-electron chi connectivity index (χ1n) is 8.41. The Morgan fingerprint density at radius 3 is 3.00 bits per heavy atom. The third kappa shape index (κ3) is 2.26. The molecule has 5 heterocycles. The van der Waals surface area contributed by atoms with Gasteiger partial charge in [0.25, 0.3) is 6.02 Å². The molecule has 126 valence electrons. The van der Waals surface area contributed by atoms with E-state index in [0.717, 1.165) is 34.2 Å². The number of piperidine rings is 3. The standard InChI is InChI=1S/C17H20N4O2S/c1-22-12-2-3-14-13(8-12)19-16(24-14)20-15-18-9-17(23-15)10-21-6-4-11(17)5-7-21/h2-3,8,11H,4-7,9-10H2,1H3,(H,18,19,20). The summed E-state index contributed by atoms with van der Waals surface area (Å²) in [5, 5.41) is 4.09. The summed E-state index contributed by atoms with van der Waals surface area (Å²) in [6.07, 6.45) is 2.45. The summed E-state index contributed by atoms with van der Waals surface area (Å²) in [5.41, 5.74) is 0.816. The molecule has 3 fully saturated rings. The molecule has 4 aliphatic heterocycles. The minimum atomic E-state index is -0.112. The normalized spacial score (nSPS) is 31.3. The monoisotopic (exact) mass is 344 g/mol. The van der Waals surface area contributed by atoms with Gasteiger partial charge in [-0.25, -0.2) is 9.98 Å². The number of amidine groups is 1. The number of benzene rings is 1. The molecule has 0 radical (unpaired) electrons. The number of rotatable bonds is 2. The van der Waals surface area contributed by atoms with Crippen molar-refractivity contribution in [3.8, 4) is 5.75 Å². The predicted octanol–water partition coefficient (Wildman–Crippen LogP) is 2.57. The second-order valence-electron chi connectivity index (χ2n) is 6.82. The summed E-state index contributed by atoms with van der Waals surface area (Å²) in [6, 6.07) is 6.55. The number of hydrogen-bond acceptors (Lipinski definition) is 7. The first-order valence-corrected chi connectivity index (χ1v) is 9.23. The summed E-state index contributed by atoms with van der Waals surface area (Å²) < 4.78 is 12.7. The number of anilines is 1. The van der Waals surface area contributed by atoms with Crippen LogP contribution in [0, 0.1) is 5.92 Å². The zero-order chi connectivity index (χ0) is 16.1. The Morgan fingerprint density at radius 1 is 1.38 bits per heavy atom. The molecule has 0 aliphatic carbocycles. The van der Waals surface area contributed by atoms with Crippen LogP contribution in [0.3, 0.4) is 0 Å². The molecule has 1 atom stereocenters. The Kier molecular flexibility index (Phi) is 3.21. The number of ether oxygens (including phenoxy) is 2. The second-order valence-corrected chi connectivity index (χ2v) is 7.85. The fourth-order valence-corrected chi connectivity index (χ4v) is 4.96. The number of aromatic nitrogens is 1. The van der Waals surface area contributed by atoms with Gasteiger partial charge in [-0.1, -0.05) is 11.3 Å². The predicted molar refractivity (Wildman–Crippen MR) is 95.1 cm³/mol. The molecule has 2 bridgehead atoms. The highest BCUT2D eigenvalue weighted by molar-refractivity contribution is 7.22. The molecule has 24 heavy (non-hydrogen) atoms. The Bertz CT molecular complexity index is 812. The smallest absolute Gasteiger partial charge is 0.291 e. The summed E-state index contributed by atoms with van der Waals surface area (Å²) in [7, 11) is 1.67. The van der Waals surface area contributed by atoms with Crippen molar-refractivity contribution in [2.45, 2.75) is 18.4 Å². The van der Waals surface area contributed by atoms with Gasteiger partial charge in [0.15, 0.2) is 5.13 Å². The van der Waals surface area contributed by atoms with Gasteiger partial charge in [0.1, 0.15) is 11.4 Å². The Morgan fingerprint density at radius 2 is 2.25 bits per heavy atom. The summed E-state index contributed by atoms with van der Waals surface area (Å²) in [4.78, 5) is 11.8. The van der Waals surface area contributed by atoms with Gasteiger partial charge < -0.3 is 9.47 Å². The van der Waals surface area contributed by atoms with Crippen molar-refractivity contribution in [2.24, 2.45) is 10.9 Å². The number of nitrogens with one attached hydrogen (secondary N) is 1. The van der Waals surface area contributed by atoms with Gasteiger partial charge in [-0.3, -0.25) is 10.2 Å². The minimum Gasteiger partial charge on any atom is -0.497 e. The number of methoxy groups -OCH3 is 1. The number of fused-ring (bicyclic) bond motifs is 3. The molecule has 6 rings (SSSR count). The van der Waals surface area contributed by atoms with Crippen LogP contribution in [0.25, 0.3) is 10.2 Å². The first-order chi connectivity index (χ1) is 11.7. The zero-order valence-corrected chi connectivity index (χ0v) is 14.4. The Hall–Kier alpha value is -1.86. The molecule has 1 aromatic carbocycles. The van der Waals surface area contributed by atoms with Crippen molar-refractivity contribution in [3.05, 3.63) is 18.2 Å². The fraction of sp³-hybridized carbons (Fsp3) is 0.529. The van der Waals surface area contributed by atoms with Crippen molar-refractivity contribution in [2.75, 3.05) is 38.6 Å². The molecule has 1 spiro atoms. The zero-order valence-electron chi connectivity index (χ0n) is 13.6. The highest BCUT2D eigenvalue weighted by Gasteiger charge is 2.51. The number of aliphatic imine (C=N–C) groups is 1. The van der Waals surface area contributed by atoms with E-state index in [2.05, 4.69) is 20.2 Å². The topological polar surface area (TPSA) is 59.0 Å². The van der Waals surface area contributed by atoms with E-state index in [0.29, 0.717) is 11.9 Å². The van der Waals surface area contributed by atoms with Crippen LogP contribution < -0.4 is 10.1 Å². The fourth-order valence-electron chi connectivity index (χ4n) is 4.13. The van der Waals surface area contributed by atoms with Crippen LogP contribution in [0.1, 0.15) is 12.8 Å². The number of hydrogen-bond donors (Lipinski definition) is 1. The van der Waals surface area contributed by atoms with Crippen molar-refractivity contribution in [1.82, 2.24) is 9.88 Å². The molecule has 3 saturated heterocycles. The van der Waals surface area contributed by atoms with E-state index in [-0.39, 0.29) is 5.60 Å². The SMILES string of the molecule is COc1ccc2sc(NC3=NCC4(CN5CCC4CC5)O3)nc2c1. The summed E-state index contributed by atoms with van der Waals surface area (Å²) in [6.45, 7) is 4.18. The quantitative estimate of drug-likeness (QED) is 0.907. The van der Waals surface area contributed by atoms with Gasteiger partial charge in [-0.15, -0.1) is 0 Å². The Balaban J connectivity index is 1.34. The van der Waals surface area contributed by atoms with Crippen molar-refractivity contribution in [1.29, 1.82) is 0 Å². The molecule has 1 unspecified atom stereocenters. The largest absolute Gasteiger partial charge is 0.497 e. The molecular formula is C17H20N4O2S. The highest BCUT2D eigenvalue weighted by Crippen LogP contribution is 2.41. The maximum Gasteiger partial charge on any atom is 0.291 e. The van der Waals surface area contributed by atoms with Crippen LogP contribution in [0.4, 0.5) is 5.13 Å². The molecule has 1 aromatic heterocycles. The van der Waals surface area contributed by atoms with Crippen molar-refractivity contribution >= 4 is 32.7 Å².